The topological polar surface area (TPSA) is 79.0 Å². The summed E-state index contributed by atoms with van der Waals surface area (Å²) in [7, 11) is 3.51. The molecule has 0 aliphatic carbocycles. The molecule has 1 aliphatic rings. The second kappa shape index (κ2) is 10.7. The van der Waals surface area contributed by atoms with E-state index in [4.69, 9.17) is 4.74 Å². The normalized spacial score (nSPS) is 14.5. The molecule has 2 rings (SSSR count). The number of carbonyl (C=O) groups is 3. The summed E-state index contributed by atoms with van der Waals surface area (Å²) in [5.41, 5.74) is 1.96. The highest BCUT2D eigenvalue weighted by Gasteiger charge is 2.27. The summed E-state index contributed by atoms with van der Waals surface area (Å²) >= 11 is 0. The lowest BCUT2D eigenvalue weighted by Crippen LogP contribution is -2.43. The molecule has 0 atom stereocenters. The van der Waals surface area contributed by atoms with Crippen LogP contribution in [0.3, 0.4) is 0 Å². The van der Waals surface area contributed by atoms with E-state index in [0.717, 1.165) is 11.3 Å². The van der Waals surface area contributed by atoms with E-state index in [1.807, 2.05) is 24.3 Å². The Bertz CT molecular complexity index is 665. The fourth-order valence-electron chi connectivity index (χ4n) is 3.18. The Morgan fingerprint density at radius 1 is 1.14 bits per heavy atom. The molecular formula is C21H31N3O4. The zero-order valence-electron chi connectivity index (χ0n) is 17.1. The van der Waals surface area contributed by atoms with Gasteiger partial charge in [0.25, 0.3) is 0 Å². The van der Waals surface area contributed by atoms with E-state index in [0.29, 0.717) is 45.4 Å². The molecule has 1 N–H and O–H groups in total. The molecule has 1 heterocycles. The highest BCUT2D eigenvalue weighted by molar-refractivity contribution is 5.81. The SMILES string of the molecule is CCOC(=O)C1CCN(C(=O)CNc2ccc(CCC(=O)N(C)C)cc2)CC1. The van der Waals surface area contributed by atoms with Gasteiger partial charge in [0.2, 0.25) is 11.8 Å². The minimum Gasteiger partial charge on any atom is -0.466 e. The van der Waals surface area contributed by atoms with Crippen molar-refractivity contribution in [3.8, 4) is 0 Å². The molecule has 0 unspecified atom stereocenters. The van der Waals surface area contributed by atoms with Gasteiger partial charge in [-0.15, -0.1) is 0 Å². The third-order valence-corrected chi connectivity index (χ3v) is 4.99. The molecular weight excluding hydrogens is 358 g/mol. The summed E-state index contributed by atoms with van der Waals surface area (Å²) in [6.07, 6.45) is 2.50. The van der Waals surface area contributed by atoms with Gasteiger partial charge in [-0.3, -0.25) is 14.4 Å². The van der Waals surface area contributed by atoms with Crippen LogP contribution in [0.2, 0.25) is 0 Å². The van der Waals surface area contributed by atoms with Crippen LogP contribution in [0.15, 0.2) is 24.3 Å². The van der Waals surface area contributed by atoms with Gasteiger partial charge in [-0.05, 0) is 43.9 Å². The monoisotopic (exact) mass is 389 g/mol. The lowest BCUT2D eigenvalue weighted by molar-refractivity contribution is -0.151. The minimum atomic E-state index is -0.153. The van der Waals surface area contributed by atoms with Gasteiger partial charge < -0.3 is 19.9 Å². The van der Waals surface area contributed by atoms with Crippen LogP contribution in [0.25, 0.3) is 0 Å². The highest BCUT2D eigenvalue weighted by Crippen LogP contribution is 2.19. The number of esters is 1. The molecule has 154 valence electrons. The predicted molar refractivity (Wildman–Crippen MR) is 108 cm³/mol. The van der Waals surface area contributed by atoms with Crippen LogP contribution in [0.1, 0.15) is 31.7 Å². The van der Waals surface area contributed by atoms with Gasteiger partial charge in [0.05, 0.1) is 19.1 Å². The zero-order valence-corrected chi connectivity index (χ0v) is 17.1. The van der Waals surface area contributed by atoms with Crippen LogP contribution >= 0.6 is 0 Å². The van der Waals surface area contributed by atoms with Crippen molar-refractivity contribution in [2.75, 3.05) is 45.7 Å². The Hall–Kier alpha value is -2.57. The quantitative estimate of drug-likeness (QED) is 0.687. The van der Waals surface area contributed by atoms with Gasteiger partial charge in [0.1, 0.15) is 0 Å². The third kappa shape index (κ3) is 6.55. The number of nitrogens with one attached hydrogen (secondary N) is 1. The number of amides is 2. The first-order valence-corrected chi connectivity index (χ1v) is 9.88. The van der Waals surface area contributed by atoms with Crippen LogP contribution in [0, 0.1) is 5.92 Å². The number of hydrogen-bond donors (Lipinski definition) is 1. The van der Waals surface area contributed by atoms with Crippen molar-refractivity contribution in [2.24, 2.45) is 5.92 Å². The molecule has 1 aliphatic heterocycles. The molecule has 1 aromatic carbocycles. The fourth-order valence-corrected chi connectivity index (χ4v) is 3.18. The fraction of sp³-hybridized carbons (Fsp3) is 0.571. The summed E-state index contributed by atoms with van der Waals surface area (Å²) in [4.78, 5) is 39.2. The Morgan fingerprint density at radius 2 is 1.79 bits per heavy atom. The number of carbonyl (C=O) groups excluding carboxylic acids is 3. The first-order valence-electron chi connectivity index (χ1n) is 9.88. The second-order valence-electron chi connectivity index (χ2n) is 7.25. The van der Waals surface area contributed by atoms with Crippen molar-refractivity contribution in [2.45, 2.75) is 32.6 Å². The van der Waals surface area contributed by atoms with Crippen molar-refractivity contribution >= 4 is 23.5 Å². The van der Waals surface area contributed by atoms with Gasteiger partial charge >= 0.3 is 5.97 Å². The van der Waals surface area contributed by atoms with Crippen LogP contribution in [0.4, 0.5) is 5.69 Å². The van der Waals surface area contributed by atoms with Gasteiger partial charge in [0.15, 0.2) is 0 Å². The molecule has 2 amide bonds. The smallest absolute Gasteiger partial charge is 0.309 e. The maximum Gasteiger partial charge on any atom is 0.309 e. The van der Waals surface area contributed by atoms with E-state index in [-0.39, 0.29) is 30.2 Å². The summed E-state index contributed by atoms with van der Waals surface area (Å²) in [6, 6.07) is 7.80. The van der Waals surface area contributed by atoms with E-state index in [2.05, 4.69) is 5.32 Å². The van der Waals surface area contributed by atoms with Gasteiger partial charge in [0, 0.05) is 39.3 Å². The second-order valence-corrected chi connectivity index (χ2v) is 7.25. The summed E-state index contributed by atoms with van der Waals surface area (Å²) in [6.45, 7) is 3.60. The number of rotatable bonds is 8. The number of nitrogens with zero attached hydrogens (tertiary/aromatic N) is 2. The standard InChI is InChI=1S/C21H31N3O4/c1-4-28-21(27)17-11-13-24(14-12-17)20(26)15-22-18-8-5-16(6-9-18)7-10-19(25)23(2)3/h5-6,8-9,17,22H,4,7,10-15H2,1-3H3. The van der Waals surface area contributed by atoms with E-state index in [1.165, 1.54) is 0 Å². The number of piperidine rings is 1. The average Bonchev–Trinajstić information content (AvgIpc) is 2.71. The first kappa shape index (κ1) is 21.7. The van der Waals surface area contributed by atoms with Crippen LogP contribution in [0.5, 0.6) is 0 Å². The van der Waals surface area contributed by atoms with Crippen LogP contribution in [-0.4, -0.2) is 67.9 Å². The van der Waals surface area contributed by atoms with Crippen molar-refractivity contribution in [3.05, 3.63) is 29.8 Å². The molecule has 1 saturated heterocycles. The lowest BCUT2D eigenvalue weighted by atomic mass is 9.97. The molecule has 1 aromatic rings. The largest absolute Gasteiger partial charge is 0.466 e. The number of anilines is 1. The minimum absolute atomic E-state index is 0.0305. The Morgan fingerprint density at radius 3 is 2.36 bits per heavy atom. The van der Waals surface area contributed by atoms with Crippen molar-refractivity contribution < 1.29 is 19.1 Å². The van der Waals surface area contributed by atoms with E-state index < -0.39 is 0 Å². The maximum absolute atomic E-state index is 12.4. The number of ether oxygens (including phenoxy) is 1. The Kier molecular flexibility index (Phi) is 8.29. The average molecular weight is 389 g/mol. The van der Waals surface area contributed by atoms with Crippen LogP contribution in [-0.2, 0) is 25.5 Å². The Labute approximate surface area is 167 Å². The summed E-state index contributed by atoms with van der Waals surface area (Å²) in [5, 5.41) is 3.15. The summed E-state index contributed by atoms with van der Waals surface area (Å²) < 4.78 is 5.06. The molecule has 0 aromatic heterocycles. The van der Waals surface area contributed by atoms with E-state index in [9.17, 15) is 14.4 Å². The molecule has 0 radical (unpaired) electrons. The Balaban J connectivity index is 1.73. The number of aryl methyl sites for hydroxylation is 1. The molecule has 7 heteroatoms. The van der Waals surface area contributed by atoms with Crippen molar-refractivity contribution in [1.29, 1.82) is 0 Å². The number of hydrogen-bond acceptors (Lipinski definition) is 5. The molecule has 1 fully saturated rings. The number of benzene rings is 1. The van der Waals surface area contributed by atoms with E-state index >= 15 is 0 Å². The molecule has 0 saturated carbocycles. The summed E-state index contributed by atoms with van der Waals surface area (Å²) in [5.74, 6) is -0.105. The molecule has 0 bridgehead atoms. The zero-order chi connectivity index (χ0) is 20.5. The lowest BCUT2D eigenvalue weighted by Gasteiger charge is -2.31. The predicted octanol–water partition coefficient (Wildman–Crippen LogP) is 1.92. The van der Waals surface area contributed by atoms with Gasteiger partial charge in [-0.2, -0.15) is 0 Å². The molecule has 7 nitrogen and oxygen atoms in total. The first-order chi connectivity index (χ1) is 13.4. The van der Waals surface area contributed by atoms with Crippen molar-refractivity contribution in [1.82, 2.24) is 9.80 Å². The molecule has 0 spiro atoms. The van der Waals surface area contributed by atoms with Crippen molar-refractivity contribution in [3.63, 3.8) is 0 Å². The van der Waals surface area contributed by atoms with E-state index in [1.54, 1.807) is 30.8 Å². The molecule has 28 heavy (non-hydrogen) atoms. The van der Waals surface area contributed by atoms with Gasteiger partial charge in [-0.1, -0.05) is 12.1 Å². The third-order valence-electron chi connectivity index (χ3n) is 4.99. The maximum atomic E-state index is 12.4. The van der Waals surface area contributed by atoms with Gasteiger partial charge in [-0.25, -0.2) is 0 Å². The van der Waals surface area contributed by atoms with Crippen LogP contribution < -0.4 is 5.32 Å². The number of likely N-dealkylation sites (tertiary alicyclic amines) is 1. The highest BCUT2D eigenvalue weighted by atomic mass is 16.5.